The number of carbonyl (C=O) groups excluding carboxylic acids is 1. The van der Waals surface area contributed by atoms with Crippen LogP contribution in [0.1, 0.15) is 20.8 Å². The van der Waals surface area contributed by atoms with E-state index in [0.29, 0.717) is 5.02 Å². The Hall–Kier alpha value is -0.290. The zero-order valence-electron chi connectivity index (χ0n) is 8.90. The molecule has 0 unspecified atom stereocenters. The summed E-state index contributed by atoms with van der Waals surface area (Å²) in [6, 6.07) is 5.40. The van der Waals surface area contributed by atoms with Crippen molar-refractivity contribution in [3.05, 3.63) is 26.8 Å². The van der Waals surface area contributed by atoms with E-state index in [-0.39, 0.29) is 11.3 Å². The highest BCUT2D eigenvalue weighted by molar-refractivity contribution is 14.1. The predicted molar refractivity (Wildman–Crippen MR) is 72.3 cm³/mol. The Morgan fingerprint density at radius 1 is 1.40 bits per heavy atom. The second-order valence-corrected chi connectivity index (χ2v) is 5.93. The number of carbonyl (C=O) groups is 1. The number of hydrogen-bond donors (Lipinski definition) is 1. The molecule has 1 aromatic rings. The summed E-state index contributed by atoms with van der Waals surface area (Å²) in [7, 11) is 0. The average Bonchev–Trinajstić information content (AvgIpc) is 2.08. The monoisotopic (exact) mass is 337 g/mol. The fourth-order valence-electron chi connectivity index (χ4n) is 0.901. The van der Waals surface area contributed by atoms with Crippen LogP contribution in [0, 0.1) is 8.99 Å². The highest BCUT2D eigenvalue weighted by Crippen LogP contribution is 2.24. The first-order valence-electron chi connectivity index (χ1n) is 4.57. The van der Waals surface area contributed by atoms with Crippen LogP contribution >= 0.6 is 34.2 Å². The molecule has 0 saturated carbocycles. The molecule has 4 heteroatoms. The lowest BCUT2D eigenvalue weighted by atomic mass is 9.95. The molecule has 1 rings (SSSR count). The Balaban J connectivity index is 2.87. The lowest BCUT2D eigenvalue weighted by Crippen LogP contribution is -2.27. The number of amides is 1. The minimum atomic E-state index is -0.386. The third-order valence-corrected chi connectivity index (χ3v) is 2.99. The predicted octanol–water partition coefficient (Wildman–Crippen LogP) is 3.93. The van der Waals surface area contributed by atoms with Gasteiger partial charge in [-0.3, -0.25) is 4.79 Å². The summed E-state index contributed by atoms with van der Waals surface area (Å²) in [5, 5.41) is 3.55. The molecule has 0 heterocycles. The zero-order valence-corrected chi connectivity index (χ0v) is 11.8. The van der Waals surface area contributed by atoms with E-state index in [2.05, 4.69) is 27.9 Å². The third kappa shape index (κ3) is 3.65. The molecule has 0 saturated heterocycles. The van der Waals surface area contributed by atoms with Crippen LogP contribution in [0.15, 0.2) is 18.2 Å². The molecule has 0 atom stereocenters. The Morgan fingerprint density at radius 3 is 2.47 bits per heavy atom. The van der Waals surface area contributed by atoms with Crippen molar-refractivity contribution in [1.29, 1.82) is 0 Å². The molecule has 0 spiro atoms. The van der Waals surface area contributed by atoms with Crippen molar-refractivity contribution in [2.45, 2.75) is 20.8 Å². The van der Waals surface area contributed by atoms with Gasteiger partial charge in [-0.15, -0.1) is 0 Å². The molecule has 0 bridgehead atoms. The maximum Gasteiger partial charge on any atom is 0.229 e. The summed E-state index contributed by atoms with van der Waals surface area (Å²) in [6.07, 6.45) is 0. The maximum atomic E-state index is 11.7. The fourth-order valence-corrected chi connectivity index (χ4v) is 1.91. The average molecular weight is 338 g/mol. The molecule has 0 aliphatic carbocycles. The van der Waals surface area contributed by atoms with E-state index < -0.39 is 0 Å². The Bertz CT molecular complexity index is 385. The summed E-state index contributed by atoms with van der Waals surface area (Å²) < 4.78 is 0.942. The molecule has 0 radical (unpaired) electrons. The van der Waals surface area contributed by atoms with Gasteiger partial charge in [0.15, 0.2) is 0 Å². The molecular weight excluding hydrogens is 324 g/mol. The number of halogens is 2. The fraction of sp³-hybridized carbons (Fsp3) is 0.364. The summed E-state index contributed by atoms with van der Waals surface area (Å²) in [5.74, 6) is 0.00254. The van der Waals surface area contributed by atoms with E-state index in [1.54, 1.807) is 6.07 Å². The zero-order chi connectivity index (χ0) is 11.6. The van der Waals surface area contributed by atoms with Crippen LogP contribution in [-0.4, -0.2) is 5.91 Å². The number of anilines is 1. The lowest BCUT2D eigenvalue weighted by Gasteiger charge is -2.18. The van der Waals surface area contributed by atoms with Gasteiger partial charge in [0.2, 0.25) is 5.91 Å². The van der Waals surface area contributed by atoms with Gasteiger partial charge in [-0.25, -0.2) is 0 Å². The van der Waals surface area contributed by atoms with E-state index in [4.69, 9.17) is 11.6 Å². The number of hydrogen-bond acceptors (Lipinski definition) is 1. The third-order valence-electron chi connectivity index (χ3n) is 1.86. The standard InChI is InChI=1S/C11H13ClINO/c1-11(2,3)10(15)14-9-5-4-7(12)6-8(9)13/h4-6H,1-3H3,(H,14,15). The van der Waals surface area contributed by atoms with Crippen LogP contribution in [-0.2, 0) is 4.79 Å². The van der Waals surface area contributed by atoms with Crippen molar-refractivity contribution in [3.63, 3.8) is 0 Å². The quantitative estimate of drug-likeness (QED) is 0.773. The molecule has 0 aromatic heterocycles. The van der Waals surface area contributed by atoms with Crippen molar-refractivity contribution >= 4 is 45.8 Å². The van der Waals surface area contributed by atoms with Gasteiger partial charge in [0.25, 0.3) is 0 Å². The lowest BCUT2D eigenvalue weighted by molar-refractivity contribution is -0.123. The van der Waals surface area contributed by atoms with Crippen LogP contribution in [0.2, 0.25) is 5.02 Å². The smallest absolute Gasteiger partial charge is 0.229 e. The van der Waals surface area contributed by atoms with Crippen LogP contribution in [0.5, 0.6) is 0 Å². The van der Waals surface area contributed by atoms with Crippen molar-refractivity contribution in [1.82, 2.24) is 0 Å². The minimum Gasteiger partial charge on any atom is -0.325 e. The number of nitrogens with one attached hydrogen (secondary N) is 1. The van der Waals surface area contributed by atoms with Crippen LogP contribution in [0.25, 0.3) is 0 Å². The van der Waals surface area contributed by atoms with Crippen LogP contribution < -0.4 is 5.32 Å². The van der Waals surface area contributed by atoms with Gasteiger partial charge >= 0.3 is 0 Å². The number of rotatable bonds is 1. The summed E-state index contributed by atoms with van der Waals surface area (Å²) >= 11 is 7.97. The van der Waals surface area contributed by atoms with Crippen molar-refractivity contribution < 1.29 is 4.79 Å². The Kier molecular flexibility index (Phi) is 4.00. The van der Waals surface area contributed by atoms with E-state index >= 15 is 0 Å². The molecule has 1 aromatic carbocycles. The molecule has 1 amide bonds. The van der Waals surface area contributed by atoms with Gasteiger partial charge < -0.3 is 5.32 Å². The minimum absolute atomic E-state index is 0.00254. The van der Waals surface area contributed by atoms with Crippen molar-refractivity contribution in [3.8, 4) is 0 Å². The van der Waals surface area contributed by atoms with Crippen molar-refractivity contribution in [2.75, 3.05) is 5.32 Å². The van der Waals surface area contributed by atoms with E-state index in [0.717, 1.165) is 9.26 Å². The second kappa shape index (κ2) is 4.70. The molecule has 2 nitrogen and oxygen atoms in total. The van der Waals surface area contributed by atoms with Gasteiger partial charge in [0.05, 0.1) is 5.69 Å². The van der Waals surface area contributed by atoms with Gasteiger partial charge in [-0.1, -0.05) is 32.4 Å². The maximum absolute atomic E-state index is 11.7. The first-order valence-corrected chi connectivity index (χ1v) is 6.03. The van der Waals surface area contributed by atoms with Gasteiger partial charge in [-0.2, -0.15) is 0 Å². The molecule has 0 fully saturated rings. The van der Waals surface area contributed by atoms with Crippen molar-refractivity contribution in [2.24, 2.45) is 5.41 Å². The topological polar surface area (TPSA) is 29.1 Å². The van der Waals surface area contributed by atoms with E-state index in [9.17, 15) is 4.79 Å². The first kappa shape index (κ1) is 12.8. The first-order chi connectivity index (χ1) is 6.80. The highest BCUT2D eigenvalue weighted by Gasteiger charge is 2.21. The van der Waals surface area contributed by atoms with E-state index in [1.807, 2.05) is 32.9 Å². The van der Waals surface area contributed by atoms with Gasteiger partial charge in [-0.05, 0) is 40.8 Å². The summed E-state index contributed by atoms with van der Waals surface area (Å²) in [4.78, 5) is 11.7. The Morgan fingerprint density at radius 2 is 2.00 bits per heavy atom. The summed E-state index contributed by atoms with van der Waals surface area (Å²) in [5.41, 5.74) is 0.419. The van der Waals surface area contributed by atoms with Crippen LogP contribution in [0.3, 0.4) is 0 Å². The van der Waals surface area contributed by atoms with Crippen LogP contribution in [0.4, 0.5) is 5.69 Å². The molecule has 1 N–H and O–H groups in total. The number of benzene rings is 1. The van der Waals surface area contributed by atoms with Gasteiger partial charge in [0.1, 0.15) is 0 Å². The molecule has 0 aliphatic heterocycles. The highest BCUT2D eigenvalue weighted by atomic mass is 127. The van der Waals surface area contributed by atoms with E-state index in [1.165, 1.54) is 0 Å². The van der Waals surface area contributed by atoms with Gasteiger partial charge in [0, 0.05) is 14.0 Å². The molecular formula is C11H13ClINO. The molecule has 15 heavy (non-hydrogen) atoms. The SMILES string of the molecule is CC(C)(C)C(=O)Nc1ccc(Cl)cc1I. The normalized spacial score (nSPS) is 11.3. The molecule has 0 aliphatic rings. The second-order valence-electron chi connectivity index (χ2n) is 4.33. The largest absolute Gasteiger partial charge is 0.325 e. The Labute approximate surface area is 109 Å². The molecule has 82 valence electrons. The summed E-state index contributed by atoms with van der Waals surface area (Å²) in [6.45, 7) is 5.64.